The Morgan fingerprint density at radius 1 is 1.03 bits per heavy atom. The van der Waals surface area contributed by atoms with Crippen LogP contribution in [-0.2, 0) is 14.8 Å². The predicted molar refractivity (Wildman–Crippen MR) is 140 cm³/mol. The second-order valence-electron chi connectivity index (χ2n) is 8.30. The molecule has 36 heavy (non-hydrogen) atoms. The molecule has 0 unspecified atom stereocenters. The number of carbonyl (C=O) groups is 1. The Hall–Kier alpha value is -3.56. The van der Waals surface area contributed by atoms with Gasteiger partial charge in [-0.15, -0.1) is 0 Å². The van der Waals surface area contributed by atoms with Gasteiger partial charge in [0, 0.05) is 10.6 Å². The molecule has 0 saturated heterocycles. The molecule has 0 aliphatic carbocycles. The minimum atomic E-state index is -4.07. The first-order chi connectivity index (χ1) is 17.2. The lowest BCUT2D eigenvalue weighted by atomic mass is 10.1. The zero-order valence-electron chi connectivity index (χ0n) is 20.1. The normalized spacial score (nSPS) is 13.3. The second-order valence-corrected chi connectivity index (χ2v) is 10.6. The van der Waals surface area contributed by atoms with Crippen LogP contribution in [0.4, 0.5) is 5.69 Å². The van der Waals surface area contributed by atoms with E-state index < -0.39 is 22.5 Å². The summed E-state index contributed by atoms with van der Waals surface area (Å²) in [4.78, 5) is 13.0. The predicted octanol–water partition coefficient (Wildman–Crippen LogP) is 4.46. The van der Waals surface area contributed by atoms with Crippen molar-refractivity contribution >= 4 is 38.9 Å². The van der Waals surface area contributed by atoms with Gasteiger partial charge in [0.15, 0.2) is 11.5 Å². The van der Waals surface area contributed by atoms with E-state index in [0.717, 1.165) is 15.4 Å². The quantitative estimate of drug-likeness (QED) is 0.361. The summed E-state index contributed by atoms with van der Waals surface area (Å²) in [7, 11) is -4.07. The van der Waals surface area contributed by atoms with Crippen LogP contribution in [0.15, 0.2) is 70.7 Å². The van der Waals surface area contributed by atoms with Gasteiger partial charge in [-0.05, 0) is 68.8 Å². The number of nitrogens with zero attached hydrogens (tertiary/aromatic N) is 2. The number of hydrogen-bond donors (Lipinski definition) is 1. The molecule has 0 aromatic heterocycles. The molecule has 10 heteroatoms. The number of aryl methyl sites for hydroxylation is 1. The summed E-state index contributed by atoms with van der Waals surface area (Å²) in [6.07, 6.45) is 0. The molecule has 3 aromatic rings. The van der Waals surface area contributed by atoms with E-state index in [9.17, 15) is 13.2 Å². The first kappa shape index (κ1) is 25.5. The number of benzene rings is 3. The Balaban J connectivity index is 1.59. The minimum Gasteiger partial charge on any atom is -0.486 e. The molecule has 0 fully saturated rings. The molecule has 0 radical (unpaired) electrons. The van der Waals surface area contributed by atoms with Crippen molar-refractivity contribution in [2.75, 3.05) is 24.1 Å². The van der Waals surface area contributed by atoms with Crippen LogP contribution < -0.4 is 19.2 Å². The fourth-order valence-electron chi connectivity index (χ4n) is 3.65. The number of hydrogen-bond acceptors (Lipinski definition) is 6. The van der Waals surface area contributed by atoms with Crippen LogP contribution in [0.1, 0.15) is 23.6 Å². The van der Waals surface area contributed by atoms with Gasteiger partial charge in [0.25, 0.3) is 15.9 Å². The topological polar surface area (TPSA) is 97.3 Å². The highest BCUT2D eigenvalue weighted by molar-refractivity contribution is 7.92. The van der Waals surface area contributed by atoms with Crippen LogP contribution >= 0.6 is 11.6 Å². The van der Waals surface area contributed by atoms with Gasteiger partial charge in [-0.3, -0.25) is 9.10 Å². The van der Waals surface area contributed by atoms with Crippen LogP contribution in [0.25, 0.3) is 0 Å². The van der Waals surface area contributed by atoms with E-state index in [4.69, 9.17) is 21.1 Å². The second kappa shape index (κ2) is 10.6. The van der Waals surface area contributed by atoms with Crippen molar-refractivity contribution < 1.29 is 22.7 Å². The minimum absolute atomic E-state index is 0.0660. The van der Waals surface area contributed by atoms with Gasteiger partial charge >= 0.3 is 0 Å². The van der Waals surface area contributed by atoms with E-state index in [1.54, 1.807) is 56.3 Å². The number of hydrazone groups is 1. The molecule has 1 aliphatic rings. The number of halogens is 1. The molecule has 1 aliphatic heterocycles. The van der Waals surface area contributed by atoms with E-state index in [-0.39, 0.29) is 4.90 Å². The van der Waals surface area contributed by atoms with Crippen LogP contribution in [0, 0.1) is 13.8 Å². The molecule has 188 valence electrons. The maximum absolute atomic E-state index is 13.6. The molecular formula is C26H26ClN3O5S. The Morgan fingerprint density at radius 3 is 2.44 bits per heavy atom. The number of nitrogens with one attached hydrogen (secondary N) is 1. The zero-order valence-corrected chi connectivity index (χ0v) is 21.7. The number of amides is 1. The number of ether oxygens (including phenoxy) is 2. The average Bonchev–Trinajstić information content (AvgIpc) is 2.87. The Bertz CT molecular complexity index is 1420. The lowest BCUT2D eigenvalue weighted by Crippen LogP contribution is -2.40. The molecule has 4 rings (SSSR count). The monoisotopic (exact) mass is 527 g/mol. The fourth-order valence-corrected chi connectivity index (χ4v) is 5.30. The molecular weight excluding hydrogens is 502 g/mol. The van der Waals surface area contributed by atoms with Crippen molar-refractivity contribution in [2.45, 2.75) is 25.7 Å². The first-order valence-electron chi connectivity index (χ1n) is 11.2. The molecule has 0 bridgehead atoms. The third-order valence-corrected chi connectivity index (χ3v) is 7.90. The van der Waals surface area contributed by atoms with Gasteiger partial charge in [-0.25, -0.2) is 13.8 Å². The third kappa shape index (κ3) is 5.47. The van der Waals surface area contributed by atoms with Crippen LogP contribution in [0.3, 0.4) is 0 Å². The SMILES string of the molecule is C/C(=N/NC(=O)CN(c1cccc(Cl)c1C)S(=O)(=O)c1ccc(C)cc1)c1ccc2c(c1)OCCO2. The van der Waals surface area contributed by atoms with E-state index >= 15 is 0 Å². The van der Waals surface area contributed by atoms with E-state index in [1.807, 2.05) is 13.0 Å². The molecule has 0 spiro atoms. The maximum Gasteiger partial charge on any atom is 0.264 e. The largest absolute Gasteiger partial charge is 0.486 e. The number of sulfonamides is 1. The molecule has 1 amide bonds. The van der Waals surface area contributed by atoms with Crippen LogP contribution in [0.5, 0.6) is 11.5 Å². The Morgan fingerprint density at radius 2 is 1.72 bits per heavy atom. The molecule has 0 atom stereocenters. The smallest absolute Gasteiger partial charge is 0.264 e. The van der Waals surface area contributed by atoms with Crippen molar-refractivity contribution in [3.05, 3.63) is 82.4 Å². The Kier molecular flexibility index (Phi) is 7.51. The van der Waals surface area contributed by atoms with Crippen molar-refractivity contribution in [1.82, 2.24) is 5.43 Å². The van der Waals surface area contributed by atoms with Crippen LogP contribution in [0.2, 0.25) is 5.02 Å². The Labute approximate surface area is 215 Å². The summed E-state index contributed by atoms with van der Waals surface area (Å²) in [5.74, 6) is 0.643. The molecule has 3 aromatic carbocycles. The summed E-state index contributed by atoms with van der Waals surface area (Å²) < 4.78 is 39.3. The number of rotatable bonds is 7. The third-order valence-electron chi connectivity index (χ3n) is 5.71. The summed E-state index contributed by atoms with van der Waals surface area (Å²) in [5, 5.41) is 4.56. The van der Waals surface area contributed by atoms with E-state index in [1.165, 1.54) is 12.1 Å². The maximum atomic E-state index is 13.6. The summed E-state index contributed by atoms with van der Waals surface area (Å²) in [5.41, 5.74) is 5.49. The van der Waals surface area contributed by atoms with Crippen molar-refractivity contribution in [1.29, 1.82) is 0 Å². The van der Waals surface area contributed by atoms with Gasteiger partial charge < -0.3 is 9.47 Å². The van der Waals surface area contributed by atoms with Crippen LogP contribution in [-0.4, -0.2) is 39.8 Å². The molecule has 0 saturated carbocycles. The summed E-state index contributed by atoms with van der Waals surface area (Å²) in [6, 6.07) is 16.7. The van der Waals surface area contributed by atoms with Crippen molar-refractivity contribution in [3.63, 3.8) is 0 Å². The number of anilines is 1. The van der Waals surface area contributed by atoms with Gasteiger partial charge in [-0.2, -0.15) is 5.10 Å². The molecule has 1 N–H and O–H groups in total. The zero-order chi connectivity index (χ0) is 25.9. The highest BCUT2D eigenvalue weighted by atomic mass is 35.5. The molecule has 8 nitrogen and oxygen atoms in total. The standard InChI is InChI=1S/C26H26ClN3O5S/c1-17-7-10-21(11-8-17)36(32,33)30(23-6-4-5-22(27)18(23)2)16-26(31)29-28-19(3)20-9-12-24-25(15-20)35-14-13-34-24/h4-12,15H,13-14,16H2,1-3H3,(H,29,31)/b28-19-. The summed E-state index contributed by atoms with van der Waals surface area (Å²) in [6.45, 7) is 5.76. The van der Waals surface area contributed by atoms with Gasteiger partial charge in [0.05, 0.1) is 16.3 Å². The summed E-state index contributed by atoms with van der Waals surface area (Å²) >= 11 is 6.27. The number of fused-ring (bicyclic) bond motifs is 1. The number of carbonyl (C=O) groups excluding carboxylic acids is 1. The van der Waals surface area contributed by atoms with Crippen molar-refractivity contribution in [2.24, 2.45) is 5.10 Å². The molecule has 1 heterocycles. The lowest BCUT2D eigenvalue weighted by Gasteiger charge is -2.25. The van der Waals surface area contributed by atoms with Gasteiger partial charge in [0.2, 0.25) is 0 Å². The fraction of sp³-hybridized carbons (Fsp3) is 0.231. The highest BCUT2D eigenvalue weighted by Crippen LogP contribution is 2.32. The van der Waals surface area contributed by atoms with Crippen molar-refractivity contribution in [3.8, 4) is 11.5 Å². The average molecular weight is 528 g/mol. The first-order valence-corrected chi connectivity index (χ1v) is 13.1. The lowest BCUT2D eigenvalue weighted by molar-refractivity contribution is -0.119. The van der Waals surface area contributed by atoms with Gasteiger partial charge in [-0.1, -0.05) is 35.4 Å². The highest BCUT2D eigenvalue weighted by Gasteiger charge is 2.28. The van der Waals surface area contributed by atoms with Gasteiger partial charge in [0.1, 0.15) is 19.8 Å². The van der Waals surface area contributed by atoms with E-state index in [0.29, 0.717) is 46.7 Å². The van der Waals surface area contributed by atoms with E-state index in [2.05, 4.69) is 10.5 Å².